The van der Waals surface area contributed by atoms with Gasteiger partial charge in [-0.15, -0.1) is 0 Å². The number of benzene rings is 2. The molecule has 0 aliphatic carbocycles. The molecule has 2 fully saturated rings. The zero-order valence-corrected chi connectivity index (χ0v) is 21.2. The monoisotopic (exact) mass is 545 g/mol. The molecule has 0 unspecified atom stereocenters. The third-order valence-electron chi connectivity index (χ3n) is 6.97. The lowest BCUT2D eigenvalue weighted by molar-refractivity contribution is -0.202. The number of carbonyl (C=O) groups is 3. The van der Waals surface area contributed by atoms with E-state index in [-0.39, 0.29) is 18.3 Å². The van der Waals surface area contributed by atoms with Gasteiger partial charge in [-0.2, -0.15) is 13.2 Å². The van der Waals surface area contributed by atoms with Gasteiger partial charge in [-0.25, -0.2) is 4.79 Å². The highest BCUT2D eigenvalue weighted by Crippen LogP contribution is 2.22. The van der Waals surface area contributed by atoms with E-state index in [1.54, 1.807) is 29.2 Å². The Bertz CT molecular complexity index is 1170. The number of piperazine rings is 1. The molecule has 0 bridgehead atoms. The first-order chi connectivity index (χ1) is 18.6. The van der Waals surface area contributed by atoms with E-state index in [9.17, 15) is 27.6 Å². The Kier molecular flexibility index (Phi) is 8.97. The van der Waals surface area contributed by atoms with Gasteiger partial charge in [0.15, 0.2) is 0 Å². The standard InChI is InChI=1S/C27H30F3N5O4/c28-27(29,30)26(38)39-23(36)18-33-12-10-22(11-13-33)35-16-14-34(15-17-35)21-8-6-19(7-9-21)24(31)32-25(37)20-4-2-1-3-5-20/h1-9,22H,10-18H2,(H2,31,32,37). The van der Waals surface area contributed by atoms with Crippen LogP contribution in [0.4, 0.5) is 18.9 Å². The van der Waals surface area contributed by atoms with Crippen LogP contribution in [0.5, 0.6) is 0 Å². The van der Waals surface area contributed by atoms with Crippen molar-refractivity contribution in [3.05, 3.63) is 65.7 Å². The fourth-order valence-corrected chi connectivity index (χ4v) is 4.85. The van der Waals surface area contributed by atoms with E-state index in [0.29, 0.717) is 30.3 Å². The number of esters is 2. The Morgan fingerprint density at radius 2 is 1.49 bits per heavy atom. The van der Waals surface area contributed by atoms with Crippen molar-refractivity contribution in [2.75, 3.05) is 50.7 Å². The zero-order chi connectivity index (χ0) is 28.0. The molecule has 12 heteroatoms. The highest BCUT2D eigenvalue weighted by Gasteiger charge is 2.42. The molecule has 2 aromatic rings. The van der Waals surface area contributed by atoms with Gasteiger partial charge in [0.05, 0.1) is 6.54 Å². The predicted octanol–water partition coefficient (Wildman–Crippen LogP) is 2.66. The predicted molar refractivity (Wildman–Crippen MR) is 138 cm³/mol. The summed E-state index contributed by atoms with van der Waals surface area (Å²) in [5.41, 5.74) is 2.13. The van der Waals surface area contributed by atoms with Crippen LogP contribution in [-0.4, -0.2) is 91.5 Å². The lowest BCUT2D eigenvalue weighted by Gasteiger charge is -2.43. The number of likely N-dealkylation sites (tertiary alicyclic amines) is 1. The van der Waals surface area contributed by atoms with E-state index in [4.69, 9.17) is 5.41 Å². The molecule has 2 saturated heterocycles. The average molecular weight is 546 g/mol. The molecular weight excluding hydrogens is 515 g/mol. The number of hydrogen-bond donors (Lipinski definition) is 2. The zero-order valence-electron chi connectivity index (χ0n) is 21.2. The molecule has 2 N–H and O–H groups in total. The van der Waals surface area contributed by atoms with Gasteiger partial charge in [-0.05, 0) is 49.2 Å². The van der Waals surface area contributed by atoms with Crippen molar-refractivity contribution in [3.8, 4) is 0 Å². The summed E-state index contributed by atoms with van der Waals surface area (Å²) in [5, 5.41) is 10.8. The number of piperidine rings is 1. The number of halogens is 3. The number of hydrogen-bond acceptors (Lipinski definition) is 8. The van der Waals surface area contributed by atoms with Gasteiger partial charge < -0.3 is 15.0 Å². The number of amides is 1. The molecule has 2 aliphatic heterocycles. The molecule has 9 nitrogen and oxygen atoms in total. The quantitative estimate of drug-likeness (QED) is 0.249. The second-order valence-electron chi connectivity index (χ2n) is 9.53. The molecule has 4 rings (SSSR count). The van der Waals surface area contributed by atoms with Crippen LogP contribution in [-0.2, 0) is 14.3 Å². The molecule has 2 aromatic carbocycles. The summed E-state index contributed by atoms with van der Waals surface area (Å²) < 4.78 is 40.6. The molecule has 1 amide bonds. The van der Waals surface area contributed by atoms with Crippen molar-refractivity contribution in [3.63, 3.8) is 0 Å². The third-order valence-corrected chi connectivity index (χ3v) is 6.97. The molecular formula is C27H30F3N5O4. The number of rotatable bonds is 6. The first kappa shape index (κ1) is 28.2. The Hall–Kier alpha value is -3.77. The minimum absolute atomic E-state index is 0.0341. The maximum Gasteiger partial charge on any atom is 0.491 e. The molecule has 0 radical (unpaired) electrons. The van der Waals surface area contributed by atoms with Crippen molar-refractivity contribution in [2.45, 2.75) is 25.1 Å². The minimum atomic E-state index is -5.18. The largest absolute Gasteiger partial charge is 0.491 e. The fourth-order valence-electron chi connectivity index (χ4n) is 4.85. The van der Waals surface area contributed by atoms with Crippen molar-refractivity contribution in [2.24, 2.45) is 0 Å². The van der Waals surface area contributed by atoms with Gasteiger partial charge >= 0.3 is 18.1 Å². The maximum absolute atomic E-state index is 12.3. The molecule has 0 aromatic heterocycles. The summed E-state index contributed by atoms with van der Waals surface area (Å²) in [6.07, 6.45) is -3.64. The van der Waals surface area contributed by atoms with Crippen LogP contribution < -0.4 is 10.2 Å². The first-order valence-corrected chi connectivity index (χ1v) is 12.7. The number of alkyl halides is 3. The summed E-state index contributed by atoms with van der Waals surface area (Å²) in [5.74, 6) is -3.97. The number of nitrogens with one attached hydrogen (secondary N) is 2. The maximum atomic E-state index is 12.3. The van der Waals surface area contributed by atoms with E-state index in [0.717, 1.165) is 44.7 Å². The Morgan fingerprint density at radius 3 is 2.08 bits per heavy atom. The van der Waals surface area contributed by atoms with Gasteiger partial charge in [0.25, 0.3) is 5.91 Å². The van der Waals surface area contributed by atoms with Gasteiger partial charge in [0, 0.05) is 62.1 Å². The molecule has 2 heterocycles. The summed E-state index contributed by atoms with van der Waals surface area (Å²) >= 11 is 0. The van der Waals surface area contributed by atoms with Crippen molar-refractivity contribution in [1.82, 2.24) is 15.1 Å². The smallest absolute Gasteiger partial charge is 0.385 e. The Morgan fingerprint density at radius 1 is 0.872 bits per heavy atom. The highest BCUT2D eigenvalue weighted by atomic mass is 19.4. The normalized spacial score (nSPS) is 17.5. The topological polar surface area (TPSA) is 106 Å². The van der Waals surface area contributed by atoms with Crippen LogP contribution in [0, 0.1) is 5.41 Å². The van der Waals surface area contributed by atoms with Gasteiger partial charge in [-0.3, -0.25) is 24.8 Å². The summed E-state index contributed by atoms with van der Waals surface area (Å²) in [6, 6.07) is 16.6. The van der Waals surface area contributed by atoms with E-state index in [2.05, 4.69) is 19.9 Å². The summed E-state index contributed by atoms with van der Waals surface area (Å²) in [7, 11) is 0. The average Bonchev–Trinajstić information content (AvgIpc) is 2.93. The van der Waals surface area contributed by atoms with Crippen molar-refractivity contribution < 1.29 is 32.3 Å². The van der Waals surface area contributed by atoms with Crippen LogP contribution in [0.3, 0.4) is 0 Å². The van der Waals surface area contributed by atoms with E-state index >= 15 is 0 Å². The van der Waals surface area contributed by atoms with Crippen LogP contribution in [0.25, 0.3) is 0 Å². The van der Waals surface area contributed by atoms with Crippen LogP contribution in [0.2, 0.25) is 0 Å². The van der Waals surface area contributed by atoms with E-state index in [1.807, 2.05) is 30.3 Å². The van der Waals surface area contributed by atoms with Crippen LogP contribution in [0.15, 0.2) is 54.6 Å². The van der Waals surface area contributed by atoms with Crippen molar-refractivity contribution >= 4 is 29.4 Å². The molecule has 0 spiro atoms. The van der Waals surface area contributed by atoms with Gasteiger partial charge in [0.1, 0.15) is 5.84 Å². The van der Waals surface area contributed by atoms with Gasteiger partial charge in [-0.1, -0.05) is 18.2 Å². The number of amidine groups is 1. The third kappa shape index (κ3) is 7.64. The second kappa shape index (κ2) is 12.4. The van der Waals surface area contributed by atoms with Gasteiger partial charge in [0.2, 0.25) is 0 Å². The molecule has 208 valence electrons. The summed E-state index contributed by atoms with van der Waals surface area (Å²) in [4.78, 5) is 41.1. The number of carbonyl (C=O) groups excluding carboxylic acids is 3. The molecule has 0 atom stereocenters. The molecule has 39 heavy (non-hydrogen) atoms. The van der Waals surface area contributed by atoms with E-state index in [1.165, 1.54) is 0 Å². The Balaban J connectivity index is 1.19. The van der Waals surface area contributed by atoms with E-state index < -0.39 is 18.1 Å². The molecule has 0 saturated carbocycles. The lowest BCUT2D eigenvalue weighted by atomic mass is 10.0. The molecule has 2 aliphatic rings. The second-order valence-corrected chi connectivity index (χ2v) is 9.53. The SMILES string of the molecule is N=C(NC(=O)c1ccccc1)c1ccc(N2CCN(C3CCN(CC(=O)OC(=O)C(F)(F)F)CC3)CC2)cc1. The highest BCUT2D eigenvalue weighted by molar-refractivity contribution is 6.11. The first-order valence-electron chi connectivity index (χ1n) is 12.7. The summed E-state index contributed by atoms with van der Waals surface area (Å²) in [6.45, 7) is 4.05. The minimum Gasteiger partial charge on any atom is -0.385 e. The number of ether oxygens (including phenoxy) is 1. The Labute approximate surface area is 224 Å². The van der Waals surface area contributed by atoms with Crippen LogP contribution in [0.1, 0.15) is 28.8 Å². The number of nitrogens with zero attached hydrogens (tertiary/aromatic N) is 3. The van der Waals surface area contributed by atoms with Crippen LogP contribution >= 0.6 is 0 Å². The van der Waals surface area contributed by atoms with Crippen molar-refractivity contribution in [1.29, 1.82) is 5.41 Å². The number of anilines is 1. The fraction of sp³-hybridized carbons (Fsp3) is 0.407. The lowest BCUT2D eigenvalue weighted by Crippen LogP contribution is -2.53.